The van der Waals surface area contributed by atoms with E-state index in [0.29, 0.717) is 11.3 Å². The first-order valence-electron chi connectivity index (χ1n) is 6.71. The maximum Gasteiger partial charge on any atom is 0.311 e. The van der Waals surface area contributed by atoms with Gasteiger partial charge in [0.15, 0.2) is 5.65 Å². The quantitative estimate of drug-likeness (QED) is 0.405. The first-order chi connectivity index (χ1) is 10.9. The summed E-state index contributed by atoms with van der Waals surface area (Å²) >= 11 is 0.699. The summed E-state index contributed by atoms with van der Waals surface area (Å²) in [5, 5.41) is 13.3. The summed E-state index contributed by atoms with van der Waals surface area (Å²) in [6, 6.07) is -0.711. The highest BCUT2D eigenvalue weighted by Crippen LogP contribution is 2.34. The molecule has 3 rings (SSSR count). The summed E-state index contributed by atoms with van der Waals surface area (Å²) < 4.78 is 6.91. The zero-order valence-corrected chi connectivity index (χ0v) is 12.7. The molecule has 4 N–H and O–H groups in total. The molecule has 2 aromatic rings. The summed E-state index contributed by atoms with van der Waals surface area (Å²) in [4.78, 5) is 32.7. The first-order valence-corrected chi connectivity index (χ1v) is 7.52. The van der Waals surface area contributed by atoms with Gasteiger partial charge in [-0.25, -0.2) is 0 Å². The second kappa shape index (κ2) is 5.66. The van der Waals surface area contributed by atoms with E-state index in [1.54, 1.807) is 0 Å². The van der Waals surface area contributed by atoms with Crippen LogP contribution in [-0.2, 0) is 4.74 Å². The third-order valence-electron chi connectivity index (χ3n) is 3.60. The Hall–Kier alpha value is -2.40. The van der Waals surface area contributed by atoms with Crippen LogP contribution in [0.5, 0.6) is 0 Å². The number of aliphatic hydroxyl groups excluding tert-OH is 1. The molecule has 12 heteroatoms. The topological polar surface area (TPSA) is 172 Å². The van der Waals surface area contributed by atoms with Crippen molar-refractivity contribution >= 4 is 27.6 Å². The van der Waals surface area contributed by atoms with E-state index in [1.807, 2.05) is 0 Å². The number of hydrogen-bond donors (Lipinski definition) is 3. The molecule has 2 unspecified atom stereocenters. The molecule has 1 aliphatic rings. The molecule has 0 aliphatic carbocycles. The van der Waals surface area contributed by atoms with Crippen molar-refractivity contribution in [3.8, 4) is 0 Å². The minimum Gasteiger partial charge on any atom is -0.391 e. The lowest BCUT2D eigenvalue weighted by Gasteiger charge is -2.17. The normalized spacial score (nSPS) is 25.4. The van der Waals surface area contributed by atoms with Crippen LogP contribution >= 0.6 is 11.3 Å². The van der Waals surface area contributed by atoms with E-state index in [2.05, 4.69) is 20.0 Å². The molecule has 0 aromatic carbocycles. The van der Waals surface area contributed by atoms with E-state index in [4.69, 9.17) is 16.0 Å². The number of fused-ring (bicyclic) bond motifs is 1. The minimum atomic E-state index is -0.958. The van der Waals surface area contributed by atoms with Crippen LogP contribution in [0.4, 0.5) is 5.95 Å². The van der Waals surface area contributed by atoms with Crippen LogP contribution in [0.2, 0.25) is 0 Å². The average Bonchev–Trinajstić information content (AvgIpc) is 3.00. The number of aromatic amines is 1. The van der Waals surface area contributed by atoms with Gasteiger partial charge >= 0.3 is 4.87 Å². The summed E-state index contributed by atoms with van der Waals surface area (Å²) in [5.74, 6) is -0.139. The van der Waals surface area contributed by atoms with Gasteiger partial charge in [-0.1, -0.05) is 16.5 Å². The number of thiazole rings is 1. The Morgan fingerprint density at radius 2 is 2.39 bits per heavy atom. The Morgan fingerprint density at radius 3 is 3.04 bits per heavy atom. The highest BCUT2D eigenvalue weighted by atomic mass is 32.1. The van der Waals surface area contributed by atoms with E-state index in [-0.39, 0.29) is 22.7 Å². The average molecular weight is 339 g/mol. The number of ether oxygens (including phenoxy) is 1. The Morgan fingerprint density at radius 1 is 1.65 bits per heavy atom. The molecule has 1 aliphatic heterocycles. The number of nitrogens with two attached hydrogens (primary N) is 1. The van der Waals surface area contributed by atoms with Crippen molar-refractivity contribution in [2.45, 2.75) is 37.8 Å². The van der Waals surface area contributed by atoms with Gasteiger partial charge in [-0.15, -0.1) is 0 Å². The van der Waals surface area contributed by atoms with Gasteiger partial charge < -0.3 is 15.6 Å². The van der Waals surface area contributed by atoms with Crippen molar-refractivity contribution in [3.63, 3.8) is 0 Å². The lowest BCUT2D eigenvalue weighted by atomic mass is 10.1. The van der Waals surface area contributed by atoms with Crippen LogP contribution in [-0.4, -0.2) is 37.9 Å². The van der Waals surface area contributed by atoms with Gasteiger partial charge in [0.25, 0.3) is 5.56 Å². The van der Waals surface area contributed by atoms with Gasteiger partial charge in [0.1, 0.15) is 10.9 Å². The summed E-state index contributed by atoms with van der Waals surface area (Å²) in [7, 11) is 0. The summed E-state index contributed by atoms with van der Waals surface area (Å²) in [6.45, 7) is 1.54. The molecule has 0 saturated carbocycles. The monoisotopic (exact) mass is 339 g/mol. The van der Waals surface area contributed by atoms with Crippen molar-refractivity contribution in [3.05, 3.63) is 30.5 Å². The number of azide groups is 1. The highest BCUT2D eigenvalue weighted by Gasteiger charge is 2.40. The Balaban J connectivity index is 2.18. The predicted molar refractivity (Wildman–Crippen MR) is 82.1 cm³/mol. The summed E-state index contributed by atoms with van der Waals surface area (Å²) in [6.07, 6.45) is -2.12. The lowest BCUT2D eigenvalue weighted by Crippen LogP contribution is -2.27. The van der Waals surface area contributed by atoms with Crippen LogP contribution in [0.15, 0.2) is 14.7 Å². The molecule has 23 heavy (non-hydrogen) atoms. The van der Waals surface area contributed by atoms with Gasteiger partial charge in [0, 0.05) is 4.91 Å². The third-order valence-corrected chi connectivity index (χ3v) is 4.54. The third kappa shape index (κ3) is 2.57. The van der Waals surface area contributed by atoms with E-state index >= 15 is 0 Å². The molecule has 1 saturated heterocycles. The number of nitrogens with zero attached hydrogens (tertiary/aromatic N) is 5. The largest absolute Gasteiger partial charge is 0.391 e. The standard InChI is InChI=1S/C11H13N7O4S/c1-3(19)5-2-4(16-17-13)9(22-5)18-7-6(23-11(18)21)8(20)15-10(12)14-7/h3-5,9,19H,2H2,1H3,(H3,12,14,15,20)/t3?,4?,5-,9+/m0/s1. The number of rotatable bonds is 3. The van der Waals surface area contributed by atoms with Crippen molar-refractivity contribution in [2.75, 3.05) is 5.73 Å². The molecule has 0 bridgehead atoms. The van der Waals surface area contributed by atoms with Gasteiger partial charge in [-0.05, 0) is 18.9 Å². The molecule has 11 nitrogen and oxygen atoms in total. The zero-order valence-electron chi connectivity index (χ0n) is 11.9. The van der Waals surface area contributed by atoms with E-state index in [0.717, 1.165) is 4.57 Å². The molecule has 122 valence electrons. The lowest BCUT2D eigenvalue weighted by molar-refractivity contribution is -0.0542. The molecule has 4 atom stereocenters. The van der Waals surface area contributed by atoms with Crippen molar-refractivity contribution in [1.82, 2.24) is 14.5 Å². The highest BCUT2D eigenvalue weighted by molar-refractivity contribution is 7.16. The predicted octanol–water partition coefficient (Wildman–Crippen LogP) is 0.0757. The minimum absolute atomic E-state index is 0.0654. The Bertz CT molecular complexity index is 909. The van der Waals surface area contributed by atoms with Crippen molar-refractivity contribution in [2.24, 2.45) is 5.11 Å². The second-order valence-corrected chi connectivity index (χ2v) is 6.12. The fourth-order valence-electron chi connectivity index (χ4n) is 2.56. The van der Waals surface area contributed by atoms with Crippen LogP contribution in [0.1, 0.15) is 19.6 Å². The number of anilines is 1. The van der Waals surface area contributed by atoms with E-state index in [9.17, 15) is 14.7 Å². The van der Waals surface area contributed by atoms with Crippen molar-refractivity contribution < 1.29 is 9.84 Å². The Kier molecular flexibility index (Phi) is 3.82. The van der Waals surface area contributed by atoms with Crippen LogP contribution < -0.4 is 16.2 Å². The van der Waals surface area contributed by atoms with Gasteiger partial charge in [0.05, 0.1) is 18.2 Å². The first kappa shape index (κ1) is 15.5. The maximum atomic E-state index is 12.3. The molecule has 1 fully saturated rings. The molecule has 3 heterocycles. The summed E-state index contributed by atoms with van der Waals surface area (Å²) in [5.41, 5.74) is 13.8. The number of hydrogen-bond acceptors (Lipinski definition) is 8. The molecule has 0 spiro atoms. The van der Waals surface area contributed by atoms with E-state index < -0.39 is 34.9 Å². The van der Waals surface area contributed by atoms with E-state index in [1.165, 1.54) is 6.92 Å². The number of H-pyrrole nitrogens is 1. The second-order valence-electron chi connectivity index (χ2n) is 5.16. The van der Waals surface area contributed by atoms with Crippen molar-refractivity contribution in [1.29, 1.82) is 0 Å². The molecular weight excluding hydrogens is 326 g/mol. The SMILES string of the molecule is CC(O)[C@@H]1CC(N=[N+]=[N-])[C@H](n2c(=O)sc3c(=O)[nH]c(N)nc32)O1. The zero-order chi connectivity index (χ0) is 16.7. The van der Waals surface area contributed by atoms with Gasteiger partial charge in [0.2, 0.25) is 5.95 Å². The number of nitrogens with one attached hydrogen (secondary N) is 1. The smallest absolute Gasteiger partial charge is 0.311 e. The fraction of sp³-hybridized carbons (Fsp3) is 0.545. The van der Waals surface area contributed by atoms with Crippen LogP contribution in [0, 0.1) is 0 Å². The maximum absolute atomic E-state index is 12.3. The molecular formula is C11H13N7O4S. The number of nitrogen functional groups attached to an aromatic ring is 1. The van der Waals surface area contributed by atoms with Crippen LogP contribution in [0.3, 0.4) is 0 Å². The molecule has 0 amide bonds. The van der Waals surface area contributed by atoms with Gasteiger partial charge in [-0.3, -0.25) is 19.1 Å². The Labute approximate surface area is 132 Å². The van der Waals surface area contributed by atoms with Gasteiger partial charge in [-0.2, -0.15) is 4.98 Å². The number of aromatic nitrogens is 3. The molecule has 0 radical (unpaired) electrons. The molecule has 2 aromatic heterocycles. The van der Waals surface area contributed by atoms with Crippen LogP contribution in [0.25, 0.3) is 20.8 Å². The fourth-order valence-corrected chi connectivity index (χ4v) is 3.41. The number of aliphatic hydroxyl groups is 1.